The third-order valence-corrected chi connectivity index (χ3v) is 3.45. The predicted octanol–water partition coefficient (Wildman–Crippen LogP) is 2.05. The third kappa shape index (κ3) is 2.91. The van der Waals surface area contributed by atoms with Crippen LogP contribution in [0.1, 0.15) is 26.2 Å². The van der Waals surface area contributed by atoms with Gasteiger partial charge in [-0.05, 0) is 18.8 Å². The number of aromatic nitrogens is 2. The quantitative estimate of drug-likeness (QED) is 0.648. The summed E-state index contributed by atoms with van der Waals surface area (Å²) < 4.78 is 0. The maximum atomic E-state index is 11.1. The molecule has 19 heavy (non-hydrogen) atoms. The Hall–Kier alpha value is -1.92. The Morgan fingerprint density at radius 3 is 3.05 bits per heavy atom. The van der Waals surface area contributed by atoms with Gasteiger partial charge in [0.1, 0.15) is 6.20 Å². The van der Waals surface area contributed by atoms with Gasteiger partial charge in [-0.3, -0.25) is 10.1 Å². The Morgan fingerprint density at radius 2 is 2.42 bits per heavy atom. The Bertz CT molecular complexity index is 465. The predicted molar refractivity (Wildman–Crippen MR) is 73.5 cm³/mol. The van der Waals surface area contributed by atoms with Crippen molar-refractivity contribution in [2.75, 3.05) is 30.4 Å². The van der Waals surface area contributed by atoms with Gasteiger partial charge >= 0.3 is 5.69 Å². The summed E-state index contributed by atoms with van der Waals surface area (Å²) in [6.07, 6.45) is 4.66. The summed E-state index contributed by atoms with van der Waals surface area (Å²) in [5.41, 5.74) is -0.0175. The lowest BCUT2D eigenvalue weighted by atomic mass is 10.0. The molecule has 0 spiro atoms. The van der Waals surface area contributed by atoms with E-state index in [-0.39, 0.29) is 5.69 Å². The highest BCUT2D eigenvalue weighted by molar-refractivity contribution is 5.59. The Balaban J connectivity index is 2.25. The molecule has 1 aromatic heterocycles. The molecule has 7 nitrogen and oxygen atoms in total. The molecule has 0 bridgehead atoms. The highest BCUT2D eigenvalue weighted by Crippen LogP contribution is 2.31. The zero-order valence-corrected chi connectivity index (χ0v) is 11.3. The van der Waals surface area contributed by atoms with Crippen LogP contribution in [0.25, 0.3) is 0 Å². The minimum Gasteiger partial charge on any atom is -0.357 e. The first kappa shape index (κ1) is 13.5. The molecule has 104 valence electrons. The Morgan fingerprint density at radius 1 is 1.63 bits per heavy atom. The lowest BCUT2D eigenvalue weighted by molar-refractivity contribution is -0.384. The molecule has 0 aliphatic carbocycles. The number of nitrogens with zero attached hydrogens (tertiary/aromatic N) is 4. The van der Waals surface area contributed by atoms with Crippen LogP contribution in [0.4, 0.5) is 17.5 Å². The fourth-order valence-corrected chi connectivity index (χ4v) is 2.52. The maximum Gasteiger partial charge on any atom is 0.329 e. The Labute approximate surface area is 112 Å². The van der Waals surface area contributed by atoms with E-state index in [4.69, 9.17) is 0 Å². The SMILES string of the molecule is CCCC1CCN(c2nc(NC)ncc2[N+](=O)[O-])C1. The second-order valence-corrected chi connectivity index (χ2v) is 4.80. The molecule has 0 saturated carbocycles. The van der Waals surface area contributed by atoms with Crippen LogP contribution in [0.3, 0.4) is 0 Å². The summed E-state index contributed by atoms with van der Waals surface area (Å²) in [6.45, 7) is 3.83. The van der Waals surface area contributed by atoms with Crippen LogP contribution < -0.4 is 10.2 Å². The van der Waals surface area contributed by atoms with E-state index >= 15 is 0 Å². The van der Waals surface area contributed by atoms with Gasteiger partial charge in [0.2, 0.25) is 11.8 Å². The molecule has 0 aromatic carbocycles. The number of nitro groups is 1. The monoisotopic (exact) mass is 265 g/mol. The molecule has 1 unspecified atom stereocenters. The van der Waals surface area contributed by atoms with E-state index < -0.39 is 4.92 Å². The highest BCUT2D eigenvalue weighted by Gasteiger charge is 2.29. The molecule has 1 fully saturated rings. The standard InChI is InChI=1S/C12H19N5O2/c1-3-4-9-5-6-16(8-9)11-10(17(18)19)7-14-12(13-2)15-11/h7,9H,3-6,8H2,1-2H3,(H,13,14,15). The summed E-state index contributed by atoms with van der Waals surface area (Å²) in [4.78, 5) is 20.8. The van der Waals surface area contributed by atoms with E-state index in [9.17, 15) is 10.1 Å². The maximum absolute atomic E-state index is 11.1. The summed E-state index contributed by atoms with van der Waals surface area (Å²) in [5.74, 6) is 1.46. The van der Waals surface area contributed by atoms with E-state index in [1.165, 1.54) is 6.20 Å². The number of hydrogen-bond donors (Lipinski definition) is 1. The topological polar surface area (TPSA) is 84.2 Å². The lowest BCUT2D eigenvalue weighted by Gasteiger charge is -2.17. The third-order valence-electron chi connectivity index (χ3n) is 3.45. The van der Waals surface area contributed by atoms with Gasteiger partial charge in [0, 0.05) is 20.1 Å². The fourth-order valence-electron chi connectivity index (χ4n) is 2.52. The number of rotatable bonds is 5. The van der Waals surface area contributed by atoms with Crippen LogP contribution >= 0.6 is 0 Å². The number of anilines is 2. The average Bonchev–Trinajstić information content (AvgIpc) is 2.87. The van der Waals surface area contributed by atoms with E-state index in [1.54, 1.807) is 7.05 Å². The van der Waals surface area contributed by atoms with E-state index in [2.05, 4.69) is 22.2 Å². The molecule has 0 radical (unpaired) electrons. The van der Waals surface area contributed by atoms with Crippen LogP contribution in [-0.4, -0.2) is 35.0 Å². The molecular formula is C12H19N5O2. The molecule has 1 aromatic rings. The molecule has 7 heteroatoms. The van der Waals surface area contributed by atoms with Crippen LogP contribution in [0.2, 0.25) is 0 Å². The van der Waals surface area contributed by atoms with Gasteiger partial charge in [0.05, 0.1) is 4.92 Å². The van der Waals surface area contributed by atoms with Gasteiger partial charge in [0.15, 0.2) is 0 Å². The van der Waals surface area contributed by atoms with Gasteiger partial charge < -0.3 is 10.2 Å². The molecule has 1 atom stereocenters. The smallest absolute Gasteiger partial charge is 0.329 e. The molecule has 1 aliphatic rings. The zero-order chi connectivity index (χ0) is 13.8. The summed E-state index contributed by atoms with van der Waals surface area (Å²) in [5, 5.41) is 13.9. The summed E-state index contributed by atoms with van der Waals surface area (Å²) >= 11 is 0. The van der Waals surface area contributed by atoms with Crippen molar-refractivity contribution in [3.8, 4) is 0 Å². The van der Waals surface area contributed by atoms with Gasteiger partial charge in [-0.25, -0.2) is 4.98 Å². The van der Waals surface area contributed by atoms with Gasteiger partial charge in [-0.2, -0.15) is 4.98 Å². The van der Waals surface area contributed by atoms with E-state index in [0.717, 1.165) is 32.4 Å². The molecule has 2 rings (SSSR count). The first-order valence-electron chi connectivity index (χ1n) is 6.59. The van der Waals surface area contributed by atoms with Crippen molar-refractivity contribution in [1.29, 1.82) is 0 Å². The van der Waals surface area contributed by atoms with Crippen molar-refractivity contribution in [2.24, 2.45) is 5.92 Å². The summed E-state index contributed by atoms with van der Waals surface area (Å²) in [6, 6.07) is 0. The molecule has 0 amide bonds. The van der Waals surface area contributed by atoms with Gasteiger partial charge in [-0.15, -0.1) is 0 Å². The first-order valence-corrected chi connectivity index (χ1v) is 6.59. The van der Waals surface area contributed by atoms with Crippen LogP contribution in [0.15, 0.2) is 6.20 Å². The van der Waals surface area contributed by atoms with Crippen LogP contribution in [0, 0.1) is 16.0 Å². The number of nitrogens with one attached hydrogen (secondary N) is 1. The summed E-state index contributed by atoms with van der Waals surface area (Å²) in [7, 11) is 1.70. The second-order valence-electron chi connectivity index (χ2n) is 4.80. The first-order chi connectivity index (χ1) is 9.15. The molecule has 1 saturated heterocycles. The van der Waals surface area contributed by atoms with Crippen molar-refractivity contribution in [1.82, 2.24) is 9.97 Å². The molecule has 1 aliphatic heterocycles. The minimum absolute atomic E-state index is 0.0175. The highest BCUT2D eigenvalue weighted by atomic mass is 16.6. The van der Waals surface area contributed by atoms with Crippen molar-refractivity contribution in [3.05, 3.63) is 16.3 Å². The van der Waals surface area contributed by atoms with Crippen LogP contribution in [0.5, 0.6) is 0 Å². The van der Waals surface area contributed by atoms with Crippen LogP contribution in [-0.2, 0) is 0 Å². The van der Waals surface area contributed by atoms with E-state index in [0.29, 0.717) is 17.7 Å². The van der Waals surface area contributed by atoms with Crippen molar-refractivity contribution < 1.29 is 4.92 Å². The second kappa shape index (κ2) is 5.81. The molecular weight excluding hydrogens is 246 g/mol. The van der Waals surface area contributed by atoms with Crippen molar-refractivity contribution in [3.63, 3.8) is 0 Å². The Kier molecular flexibility index (Phi) is 4.13. The number of hydrogen-bond acceptors (Lipinski definition) is 6. The zero-order valence-electron chi connectivity index (χ0n) is 11.3. The van der Waals surface area contributed by atoms with Gasteiger partial charge in [-0.1, -0.05) is 13.3 Å². The normalized spacial score (nSPS) is 18.6. The molecule has 1 N–H and O–H groups in total. The van der Waals surface area contributed by atoms with Gasteiger partial charge in [0.25, 0.3) is 0 Å². The average molecular weight is 265 g/mol. The fraction of sp³-hybridized carbons (Fsp3) is 0.667. The van der Waals surface area contributed by atoms with E-state index in [1.807, 2.05) is 4.90 Å². The van der Waals surface area contributed by atoms with Crippen molar-refractivity contribution >= 4 is 17.5 Å². The molecule has 2 heterocycles. The largest absolute Gasteiger partial charge is 0.357 e. The van der Waals surface area contributed by atoms with Crippen molar-refractivity contribution in [2.45, 2.75) is 26.2 Å². The lowest BCUT2D eigenvalue weighted by Crippen LogP contribution is -2.22. The minimum atomic E-state index is -0.415.